The summed E-state index contributed by atoms with van der Waals surface area (Å²) in [5.41, 5.74) is 5.10. The third-order valence-corrected chi connectivity index (χ3v) is 3.16. The van der Waals surface area contributed by atoms with Crippen molar-refractivity contribution in [3.63, 3.8) is 0 Å². The van der Waals surface area contributed by atoms with Gasteiger partial charge in [0.15, 0.2) is 0 Å². The lowest BCUT2D eigenvalue weighted by atomic mass is 10.1. The zero-order valence-electron chi connectivity index (χ0n) is 10.8. The van der Waals surface area contributed by atoms with Crippen LogP contribution >= 0.6 is 0 Å². The summed E-state index contributed by atoms with van der Waals surface area (Å²) in [6, 6.07) is 8.50. The number of fused-ring (bicyclic) bond motifs is 1. The fourth-order valence-electron chi connectivity index (χ4n) is 2.23. The van der Waals surface area contributed by atoms with Crippen LogP contribution in [0.2, 0.25) is 0 Å². The molecular formula is C14H20N4. The van der Waals surface area contributed by atoms with Gasteiger partial charge in [-0.2, -0.15) is 5.10 Å². The fraction of sp³-hybridized carbons (Fsp3) is 0.357. The number of nitrogens with two attached hydrogens (primary N) is 1. The monoisotopic (exact) mass is 244 g/mol. The highest BCUT2D eigenvalue weighted by Gasteiger charge is 2.13. The fourth-order valence-corrected chi connectivity index (χ4v) is 2.23. The summed E-state index contributed by atoms with van der Waals surface area (Å²) in [6.07, 6.45) is 3.53. The molecule has 0 aliphatic rings. The third kappa shape index (κ3) is 2.44. The van der Waals surface area contributed by atoms with Crippen LogP contribution in [0.5, 0.6) is 0 Å². The largest absolute Gasteiger partial charge is 0.271 e. The molecule has 2 rings (SSSR count). The molecule has 0 amide bonds. The molecule has 1 heterocycles. The number of hydrogen-bond donors (Lipinski definition) is 2. The van der Waals surface area contributed by atoms with E-state index in [-0.39, 0.29) is 6.04 Å². The van der Waals surface area contributed by atoms with Gasteiger partial charge in [-0.25, -0.2) is 0 Å². The quantitative estimate of drug-likeness (QED) is 0.464. The average Bonchev–Trinajstić information content (AvgIpc) is 2.76. The molecule has 2 aromatic rings. The van der Waals surface area contributed by atoms with Gasteiger partial charge in [-0.05, 0) is 19.4 Å². The molecule has 1 aromatic carbocycles. The highest BCUT2D eigenvalue weighted by molar-refractivity contribution is 5.82. The van der Waals surface area contributed by atoms with Crippen molar-refractivity contribution in [1.82, 2.24) is 15.2 Å². The number of aryl methyl sites for hydroxylation is 1. The van der Waals surface area contributed by atoms with Crippen LogP contribution in [-0.2, 0) is 13.0 Å². The van der Waals surface area contributed by atoms with E-state index in [0.717, 1.165) is 25.1 Å². The van der Waals surface area contributed by atoms with Crippen molar-refractivity contribution in [3.05, 3.63) is 42.6 Å². The highest BCUT2D eigenvalue weighted by Crippen LogP contribution is 2.20. The summed E-state index contributed by atoms with van der Waals surface area (Å²) >= 11 is 0. The summed E-state index contributed by atoms with van der Waals surface area (Å²) in [5.74, 6) is 5.56. The average molecular weight is 244 g/mol. The van der Waals surface area contributed by atoms with E-state index in [1.807, 2.05) is 22.9 Å². The molecule has 0 aliphatic heterocycles. The van der Waals surface area contributed by atoms with Crippen LogP contribution in [0, 0.1) is 0 Å². The van der Waals surface area contributed by atoms with Gasteiger partial charge in [0.2, 0.25) is 0 Å². The Morgan fingerprint density at radius 1 is 1.50 bits per heavy atom. The first-order chi connectivity index (χ1) is 8.80. The van der Waals surface area contributed by atoms with Gasteiger partial charge in [0.1, 0.15) is 0 Å². The van der Waals surface area contributed by atoms with Crippen LogP contribution in [0.25, 0.3) is 10.9 Å². The minimum absolute atomic E-state index is 0.186. The van der Waals surface area contributed by atoms with Gasteiger partial charge in [0.05, 0.1) is 11.2 Å². The van der Waals surface area contributed by atoms with Crippen LogP contribution in [0.1, 0.15) is 19.0 Å². The lowest BCUT2D eigenvalue weighted by molar-refractivity contribution is 0.521. The summed E-state index contributed by atoms with van der Waals surface area (Å²) in [5, 5.41) is 5.88. The topological polar surface area (TPSA) is 55.9 Å². The Bertz CT molecular complexity index is 530. The van der Waals surface area contributed by atoms with Gasteiger partial charge >= 0.3 is 0 Å². The lowest BCUT2D eigenvalue weighted by Crippen LogP contribution is -2.36. The van der Waals surface area contributed by atoms with Gasteiger partial charge in [-0.3, -0.25) is 16.0 Å². The lowest BCUT2D eigenvalue weighted by Gasteiger charge is -2.11. The predicted octanol–water partition coefficient (Wildman–Crippen LogP) is 2.01. The van der Waals surface area contributed by atoms with Crippen LogP contribution < -0.4 is 11.3 Å². The van der Waals surface area contributed by atoms with E-state index in [1.54, 1.807) is 0 Å². The van der Waals surface area contributed by atoms with E-state index in [0.29, 0.717) is 0 Å². The van der Waals surface area contributed by atoms with Crippen molar-refractivity contribution < 1.29 is 0 Å². The van der Waals surface area contributed by atoms with Crippen molar-refractivity contribution in [2.45, 2.75) is 32.4 Å². The summed E-state index contributed by atoms with van der Waals surface area (Å²) < 4.78 is 2.03. The van der Waals surface area contributed by atoms with E-state index in [4.69, 9.17) is 5.84 Å². The summed E-state index contributed by atoms with van der Waals surface area (Å²) in [7, 11) is 0. The molecule has 0 aliphatic carbocycles. The van der Waals surface area contributed by atoms with Gasteiger partial charge < -0.3 is 0 Å². The molecule has 96 valence electrons. The molecule has 0 bridgehead atoms. The Hall–Kier alpha value is -1.65. The van der Waals surface area contributed by atoms with Crippen LogP contribution in [-0.4, -0.2) is 15.8 Å². The molecule has 1 aromatic heterocycles. The number of benzene rings is 1. The second kappa shape index (κ2) is 5.80. The smallest absolute Gasteiger partial charge is 0.0719 e. The van der Waals surface area contributed by atoms with Crippen LogP contribution in [0.3, 0.4) is 0 Å². The second-order valence-electron chi connectivity index (χ2n) is 4.37. The number of nitrogens with zero attached hydrogens (tertiary/aromatic N) is 2. The summed E-state index contributed by atoms with van der Waals surface area (Å²) in [6.45, 7) is 6.73. The van der Waals surface area contributed by atoms with Crippen molar-refractivity contribution in [1.29, 1.82) is 0 Å². The second-order valence-corrected chi connectivity index (χ2v) is 4.37. The first-order valence-electron chi connectivity index (χ1n) is 6.31. The number of hydrogen-bond acceptors (Lipinski definition) is 3. The van der Waals surface area contributed by atoms with E-state index >= 15 is 0 Å². The Morgan fingerprint density at radius 2 is 2.28 bits per heavy atom. The Labute approximate surface area is 107 Å². The van der Waals surface area contributed by atoms with Crippen LogP contribution in [0.4, 0.5) is 0 Å². The van der Waals surface area contributed by atoms with Gasteiger partial charge in [0, 0.05) is 24.4 Å². The SMILES string of the molecule is C=CCC(Cc1nn(CC)c2ccccc12)NN. The molecule has 0 saturated carbocycles. The Morgan fingerprint density at radius 3 is 2.94 bits per heavy atom. The molecule has 1 unspecified atom stereocenters. The minimum atomic E-state index is 0.186. The first kappa shape index (κ1) is 12.8. The van der Waals surface area contributed by atoms with Crippen molar-refractivity contribution in [3.8, 4) is 0 Å². The number of rotatable bonds is 6. The van der Waals surface area contributed by atoms with E-state index in [2.05, 4.69) is 36.2 Å². The Balaban J connectivity index is 2.35. The molecule has 1 atom stereocenters. The molecule has 4 nitrogen and oxygen atoms in total. The number of para-hydroxylation sites is 1. The van der Waals surface area contributed by atoms with Crippen LogP contribution in [0.15, 0.2) is 36.9 Å². The number of aromatic nitrogens is 2. The number of hydrazine groups is 1. The predicted molar refractivity (Wildman–Crippen MR) is 75.0 cm³/mol. The minimum Gasteiger partial charge on any atom is -0.271 e. The van der Waals surface area contributed by atoms with Gasteiger partial charge in [0.25, 0.3) is 0 Å². The first-order valence-corrected chi connectivity index (χ1v) is 6.31. The molecular weight excluding hydrogens is 224 g/mol. The molecule has 18 heavy (non-hydrogen) atoms. The van der Waals surface area contributed by atoms with Crippen molar-refractivity contribution in [2.75, 3.05) is 0 Å². The molecule has 0 saturated heterocycles. The molecule has 0 radical (unpaired) electrons. The van der Waals surface area contributed by atoms with Crippen molar-refractivity contribution >= 4 is 10.9 Å². The normalized spacial score (nSPS) is 12.8. The maximum atomic E-state index is 5.56. The van der Waals surface area contributed by atoms with E-state index in [9.17, 15) is 0 Å². The summed E-state index contributed by atoms with van der Waals surface area (Å²) in [4.78, 5) is 0. The van der Waals surface area contributed by atoms with E-state index in [1.165, 1.54) is 10.9 Å². The maximum absolute atomic E-state index is 5.56. The molecule has 0 fully saturated rings. The molecule has 4 heteroatoms. The molecule has 0 spiro atoms. The zero-order chi connectivity index (χ0) is 13.0. The van der Waals surface area contributed by atoms with Crippen molar-refractivity contribution in [2.24, 2.45) is 5.84 Å². The Kier molecular flexibility index (Phi) is 4.12. The molecule has 3 N–H and O–H groups in total. The maximum Gasteiger partial charge on any atom is 0.0719 e. The van der Waals surface area contributed by atoms with Gasteiger partial charge in [-0.15, -0.1) is 6.58 Å². The van der Waals surface area contributed by atoms with E-state index < -0.39 is 0 Å². The third-order valence-electron chi connectivity index (χ3n) is 3.16. The van der Waals surface area contributed by atoms with Gasteiger partial charge in [-0.1, -0.05) is 24.3 Å². The number of nitrogens with one attached hydrogen (secondary N) is 1. The highest BCUT2D eigenvalue weighted by atomic mass is 15.3. The zero-order valence-corrected chi connectivity index (χ0v) is 10.8. The standard InChI is InChI=1S/C14H20N4/c1-3-7-11(16-15)10-13-12-8-5-6-9-14(12)18(4-2)17-13/h3,5-6,8-9,11,16H,1,4,7,10,15H2,2H3.